The third-order valence-corrected chi connectivity index (χ3v) is 5.60. The van der Waals surface area contributed by atoms with Gasteiger partial charge in [0.15, 0.2) is 0 Å². The number of nitrogens with two attached hydrogens (primary N) is 1. The molecular weight excluding hydrogens is 347 g/mol. The number of nitrogens with zero attached hydrogens (tertiary/aromatic N) is 1. The highest BCUT2D eigenvalue weighted by Crippen LogP contribution is 2.24. The van der Waals surface area contributed by atoms with Crippen molar-refractivity contribution in [1.82, 2.24) is 4.31 Å². The first-order chi connectivity index (χ1) is 9.14. The molecule has 0 saturated heterocycles. The Hall–Kier alpha value is -0.500. The standard InChI is InChI=1S/C13H20BrFN2O2S/c1-4-17(9-13(2,3)8-16)20(18,19)10-5-6-11(14)12(15)7-10/h5-7H,4,8-9,16H2,1-3H3. The lowest BCUT2D eigenvalue weighted by Gasteiger charge is -2.30. The second kappa shape index (κ2) is 6.51. The molecule has 0 unspecified atom stereocenters. The first-order valence-corrected chi connectivity index (χ1v) is 8.52. The highest BCUT2D eigenvalue weighted by atomic mass is 79.9. The number of benzene rings is 1. The van der Waals surface area contributed by atoms with E-state index in [1.54, 1.807) is 6.92 Å². The van der Waals surface area contributed by atoms with Gasteiger partial charge in [0.2, 0.25) is 10.0 Å². The summed E-state index contributed by atoms with van der Waals surface area (Å²) in [6.45, 7) is 6.51. The van der Waals surface area contributed by atoms with E-state index in [-0.39, 0.29) is 14.8 Å². The van der Waals surface area contributed by atoms with Crippen molar-refractivity contribution in [2.45, 2.75) is 25.7 Å². The Morgan fingerprint density at radius 1 is 1.40 bits per heavy atom. The topological polar surface area (TPSA) is 63.4 Å². The van der Waals surface area contributed by atoms with Crippen LogP contribution in [0.3, 0.4) is 0 Å². The quantitative estimate of drug-likeness (QED) is 0.841. The number of halogens is 2. The maximum atomic E-state index is 13.5. The highest BCUT2D eigenvalue weighted by Gasteiger charge is 2.29. The lowest BCUT2D eigenvalue weighted by atomic mass is 9.94. The average Bonchev–Trinajstić information content (AvgIpc) is 2.39. The fourth-order valence-corrected chi connectivity index (χ4v) is 3.59. The van der Waals surface area contributed by atoms with Crippen LogP contribution in [0.1, 0.15) is 20.8 Å². The Kier molecular flexibility index (Phi) is 5.71. The molecule has 0 radical (unpaired) electrons. The van der Waals surface area contributed by atoms with Gasteiger partial charge >= 0.3 is 0 Å². The smallest absolute Gasteiger partial charge is 0.243 e. The molecule has 0 aliphatic heterocycles. The van der Waals surface area contributed by atoms with E-state index in [4.69, 9.17) is 5.73 Å². The predicted molar refractivity (Wildman–Crippen MR) is 81.4 cm³/mol. The molecule has 1 aromatic carbocycles. The van der Waals surface area contributed by atoms with Crippen molar-refractivity contribution in [3.05, 3.63) is 28.5 Å². The Balaban J connectivity index is 3.15. The van der Waals surface area contributed by atoms with Gasteiger partial charge in [0.05, 0.1) is 9.37 Å². The molecule has 4 nitrogen and oxygen atoms in total. The fourth-order valence-electron chi connectivity index (χ4n) is 1.70. The first kappa shape index (κ1) is 17.6. The fraction of sp³-hybridized carbons (Fsp3) is 0.538. The lowest BCUT2D eigenvalue weighted by molar-refractivity contribution is 0.273. The number of rotatable bonds is 6. The van der Waals surface area contributed by atoms with Gasteiger partial charge in [0.1, 0.15) is 5.82 Å². The minimum Gasteiger partial charge on any atom is -0.330 e. The summed E-state index contributed by atoms with van der Waals surface area (Å²) in [4.78, 5) is -0.0483. The summed E-state index contributed by atoms with van der Waals surface area (Å²) in [5, 5.41) is 0. The van der Waals surface area contributed by atoms with Crippen molar-refractivity contribution >= 4 is 26.0 Å². The molecule has 7 heteroatoms. The molecule has 0 heterocycles. The van der Waals surface area contributed by atoms with E-state index in [1.165, 1.54) is 16.4 Å². The molecule has 0 aliphatic carbocycles. The van der Waals surface area contributed by atoms with Gasteiger partial charge in [-0.15, -0.1) is 0 Å². The minimum atomic E-state index is -3.72. The molecule has 0 spiro atoms. The van der Waals surface area contributed by atoms with Crippen LogP contribution in [0, 0.1) is 11.2 Å². The van der Waals surface area contributed by atoms with Crippen molar-refractivity contribution in [1.29, 1.82) is 0 Å². The second-order valence-corrected chi connectivity index (χ2v) is 8.17. The highest BCUT2D eigenvalue weighted by molar-refractivity contribution is 9.10. The number of hydrogen-bond donors (Lipinski definition) is 1. The van der Waals surface area contributed by atoms with Gasteiger partial charge in [-0.25, -0.2) is 12.8 Å². The van der Waals surface area contributed by atoms with E-state index in [1.807, 2.05) is 13.8 Å². The van der Waals surface area contributed by atoms with Crippen LogP contribution in [0.2, 0.25) is 0 Å². The van der Waals surface area contributed by atoms with E-state index in [2.05, 4.69) is 15.9 Å². The summed E-state index contributed by atoms with van der Waals surface area (Å²) >= 11 is 3.01. The molecule has 1 aromatic rings. The predicted octanol–water partition coefficient (Wildman–Crippen LogP) is 2.58. The van der Waals surface area contributed by atoms with Crippen LogP contribution in [0.25, 0.3) is 0 Å². The normalized spacial score (nSPS) is 12.9. The van der Waals surface area contributed by atoms with E-state index in [0.29, 0.717) is 19.6 Å². The molecule has 2 N–H and O–H groups in total. The van der Waals surface area contributed by atoms with Crippen molar-refractivity contribution in [2.75, 3.05) is 19.6 Å². The van der Waals surface area contributed by atoms with Crippen LogP contribution in [0.4, 0.5) is 4.39 Å². The monoisotopic (exact) mass is 366 g/mol. The Morgan fingerprint density at radius 3 is 2.45 bits per heavy atom. The van der Waals surface area contributed by atoms with Gasteiger partial charge < -0.3 is 5.73 Å². The Bertz CT molecular complexity index is 576. The Labute approximate surface area is 128 Å². The summed E-state index contributed by atoms with van der Waals surface area (Å²) in [6.07, 6.45) is 0. The molecule has 0 atom stereocenters. The van der Waals surface area contributed by atoms with Gasteiger partial charge in [0, 0.05) is 13.1 Å². The second-order valence-electron chi connectivity index (χ2n) is 5.38. The Morgan fingerprint density at radius 2 is 2.00 bits per heavy atom. The largest absolute Gasteiger partial charge is 0.330 e. The van der Waals surface area contributed by atoms with Gasteiger partial charge in [-0.2, -0.15) is 4.31 Å². The number of sulfonamides is 1. The molecule has 1 rings (SSSR count). The molecule has 0 fully saturated rings. The van der Waals surface area contributed by atoms with Crippen molar-refractivity contribution in [3.63, 3.8) is 0 Å². The van der Waals surface area contributed by atoms with Crippen molar-refractivity contribution in [2.24, 2.45) is 11.1 Å². The summed E-state index contributed by atoms with van der Waals surface area (Å²) in [6, 6.07) is 3.81. The zero-order valence-corrected chi connectivity index (χ0v) is 14.3. The lowest BCUT2D eigenvalue weighted by Crippen LogP contribution is -2.41. The van der Waals surface area contributed by atoms with Crippen LogP contribution in [-0.4, -0.2) is 32.4 Å². The molecule has 0 amide bonds. The molecule has 0 bridgehead atoms. The molecule has 0 aromatic heterocycles. The molecule has 114 valence electrons. The third-order valence-electron chi connectivity index (χ3n) is 3.04. The van der Waals surface area contributed by atoms with Crippen LogP contribution in [-0.2, 0) is 10.0 Å². The summed E-state index contributed by atoms with van der Waals surface area (Å²) in [7, 11) is -3.72. The van der Waals surface area contributed by atoms with Crippen molar-refractivity contribution < 1.29 is 12.8 Å². The minimum absolute atomic E-state index is 0.0483. The van der Waals surface area contributed by atoms with Gasteiger partial charge in [-0.1, -0.05) is 20.8 Å². The first-order valence-electron chi connectivity index (χ1n) is 6.29. The summed E-state index contributed by atoms with van der Waals surface area (Å²) in [5.41, 5.74) is 5.31. The van der Waals surface area contributed by atoms with E-state index >= 15 is 0 Å². The van der Waals surface area contributed by atoms with E-state index in [9.17, 15) is 12.8 Å². The van der Waals surface area contributed by atoms with Gasteiger partial charge in [0.25, 0.3) is 0 Å². The molecular formula is C13H20BrFN2O2S. The maximum Gasteiger partial charge on any atom is 0.243 e. The van der Waals surface area contributed by atoms with Crippen LogP contribution >= 0.6 is 15.9 Å². The van der Waals surface area contributed by atoms with Gasteiger partial charge in [-0.05, 0) is 46.1 Å². The summed E-state index contributed by atoms with van der Waals surface area (Å²) < 4.78 is 40.1. The maximum absolute atomic E-state index is 13.5. The van der Waals surface area contributed by atoms with Crippen LogP contribution in [0.15, 0.2) is 27.6 Å². The number of hydrogen-bond acceptors (Lipinski definition) is 3. The van der Waals surface area contributed by atoms with Crippen LogP contribution in [0.5, 0.6) is 0 Å². The third kappa shape index (κ3) is 4.00. The van der Waals surface area contributed by atoms with E-state index < -0.39 is 15.8 Å². The molecule has 0 aliphatic rings. The van der Waals surface area contributed by atoms with Crippen molar-refractivity contribution in [3.8, 4) is 0 Å². The average molecular weight is 367 g/mol. The van der Waals surface area contributed by atoms with E-state index in [0.717, 1.165) is 6.07 Å². The van der Waals surface area contributed by atoms with Gasteiger partial charge in [-0.3, -0.25) is 0 Å². The molecule has 0 saturated carbocycles. The zero-order chi connectivity index (χ0) is 15.6. The SMILES string of the molecule is CCN(CC(C)(C)CN)S(=O)(=O)c1ccc(Br)c(F)c1. The summed E-state index contributed by atoms with van der Waals surface area (Å²) in [5.74, 6) is -0.597. The zero-order valence-electron chi connectivity index (χ0n) is 11.9. The van der Waals surface area contributed by atoms with Crippen LogP contribution < -0.4 is 5.73 Å². The molecule has 20 heavy (non-hydrogen) atoms.